The summed E-state index contributed by atoms with van der Waals surface area (Å²) in [5.41, 5.74) is 0.864. The third kappa shape index (κ3) is 4.20. The van der Waals surface area contributed by atoms with Crippen LogP contribution in [0.4, 0.5) is 0 Å². The lowest BCUT2D eigenvalue weighted by molar-refractivity contribution is -0.119. The van der Waals surface area contributed by atoms with Gasteiger partial charge in [0.25, 0.3) is 5.22 Å². The summed E-state index contributed by atoms with van der Waals surface area (Å²) >= 11 is 2.86. The highest BCUT2D eigenvalue weighted by atomic mass is 32.2. The second-order valence-corrected chi connectivity index (χ2v) is 6.74. The van der Waals surface area contributed by atoms with Crippen LogP contribution in [0.2, 0.25) is 0 Å². The van der Waals surface area contributed by atoms with Crippen LogP contribution < -0.4 is 5.32 Å². The molecule has 5 nitrogen and oxygen atoms in total. The van der Waals surface area contributed by atoms with Gasteiger partial charge in [-0.15, -0.1) is 21.5 Å². The number of nitrogens with one attached hydrogen (secondary N) is 1. The summed E-state index contributed by atoms with van der Waals surface area (Å²) in [4.78, 5) is 13.1. The van der Waals surface area contributed by atoms with Crippen molar-refractivity contribution in [2.75, 3.05) is 5.75 Å². The molecule has 0 saturated heterocycles. The Labute approximate surface area is 142 Å². The van der Waals surface area contributed by atoms with Gasteiger partial charge in [0.15, 0.2) is 0 Å². The molecular weight excluding hydrogens is 330 g/mol. The van der Waals surface area contributed by atoms with E-state index in [-0.39, 0.29) is 17.7 Å². The second kappa shape index (κ2) is 7.43. The van der Waals surface area contributed by atoms with Gasteiger partial charge in [-0.05, 0) is 30.5 Å². The number of thioether (sulfide) groups is 1. The Kier molecular flexibility index (Phi) is 5.09. The van der Waals surface area contributed by atoms with E-state index in [1.165, 1.54) is 11.8 Å². The van der Waals surface area contributed by atoms with Gasteiger partial charge in [0, 0.05) is 10.4 Å². The van der Waals surface area contributed by atoms with E-state index < -0.39 is 0 Å². The summed E-state index contributed by atoms with van der Waals surface area (Å²) in [6.07, 6.45) is 0. The van der Waals surface area contributed by atoms with Gasteiger partial charge in [0.1, 0.15) is 0 Å². The first-order valence-electron chi connectivity index (χ1n) is 7.07. The van der Waals surface area contributed by atoms with Gasteiger partial charge in [0.05, 0.1) is 11.8 Å². The molecule has 0 aliphatic heterocycles. The molecule has 0 bridgehead atoms. The van der Waals surface area contributed by atoms with Crippen LogP contribution in [0.15, 0.2) is 57.5 Å². The van der Waals surface area contributed by atoms with E-state index in [9.17, 15) is 4.79 Å². The molecule has 1 unspecified atom stereocenters. The average molecular weight is 345 g/mol. The Morgan fingerprint density at radius 1 is 1.26 bits per heavy atom. The highest BCUT2D eigenvalue weighted by Crippen LogP contribution is 2.23. The molecule has 0 saturated carbocycles. The minimum absolute atomic E-state index is 0.00525. The molecular formula is C16H15N3O2S2. The number of carbonyl (C=O) groups is 1. The van der Waals surface area contributed by atoms with Crippen LogP contribution in [0, 0.1) is 0 Å². The van der Waals surface area contributed by atoms with E-state index in [4.69, 9.17) is 4.42 Å². The van der Waals surface area contributed by atoms with E-state index in [0.29, 0.717) is 11.1 Å². The van der Waals surface area contributed by atoms with Crippen LogP contribution in [-0.2, 0) is 4.79 Å². The highest BCUT2D eigenvalue weighted by molar-refractivity contribution is 7.99. The fourth-order valence-electron chi connectivity index (χ4n) is 1.98. The summed E-state index contributed by atoms with van der Waals surface area (Å²) in [7, 11) is 0. The van der Waals surface area contributed by atoms with Gasteiger partial charge in [0.2, 0.25) is 11.8 Å². The fourth-order valence-corrected chi connectivity index (χ4v) is 3.29. The maximum Gasteiger partial charge on any atom is 0.277 e. The molecule has 0 spiro atoms. The lowest BCUT2D eigenvalue weighted by Gasteiger charge is -2.11. The topological polar surface area (TPSA) is 68.0 Å². The van der Waals surface area contributed by atoms with Gasteiger partial charge in [-0.3, -0.25) is 4.79 Å². The van der Waals surface area contributed by atoms with Crippen molar-refractivity contribution in [3.05, 3.63) is 52.7 Å². The molecule has 3 rings (SSSR count). The van der Waals surface area contributed by atoms with Gasteiger partial charge in [-0.25, -0.2) is 0 Å². The molecule has 23 heavy (non-hydrogen) atoms. The number of benzene rings is 1. The smallest absolute Gasteiger partial charge is 0.277 e. The zero-order chi connectivity index (χ0) is 16.1. The molecule has 7 heteroatoms. The number of aromatic nitrogens is 2. The molecule has 3 aromatic rings. The lowest BCUT2D eigenvalue weighted by atomic mass is 10.2. The quantitative estimate of drug-likeness (QED) is 0.689. The normalized spacial score (nSPS) is 12.0. The van der Waals surface area contributed by atoms with Gasteiger partial charge >= 0.3 is 0 Å². The number of rotatable bonds is 6. The van der Waals surface area contributed by atoms with Crippen LogP contribution in [0.5, 0.6) is 0 Å². The second-order valence-electron chi connectivity index (χ2n) is 4.83. The Bertz CT molecular complexity index is 757. The number of amides is 1. The monoisotopic (exact) mass is 345 g/mol. The zero-order valence-electron chi connectivity index (χ0n) is 12.4. The average Bonchev–Trinajstić information content (AvgIpc) is 3.25. The molecule has 1 amide bonds. The van der Waals surface area contributed by atoms with Crippen molar-refractivity contribution in [1.82, 2.24) is 15.5 Å². The van der Waals surface area contributed by atoms with Crippen molar-refractivity contribution in [3.63, 3.8) is 0 Å². The summed E-state index contributed by atoms with van der Waals surface area (Å²) in [6, 6.07) is 13.5. The molecule has 2 heterocycles. The van der Waals surface area contributed by atoms with Crippen molar-refractivity contribution in [2.45, 2.75) is 18.2 Å². The third-order valence-corrected chi connectivity index (χ3v) is 4.97. The van der Waals surface area contributed by atoms with Crippen LogP contribution in [0.1, 0.15) is 17.8 Å². The Morgan fingerprint density at radius 3 is 2.83 bits per heavy atom. The molecule has 1 aromatic carbocycles. The van der Waals surface area contributed by atoms with Gasteiger partial charge < -0.3 is 9.73 Å². The minimum Gasteiger partial charge on any atom is -0.411 e. The molecule has 1 atom stereocenters. The number of hydrogen-bond donors (Lipinski definition) is 1. The van der Waals surface area contributed by atoms with E-state index in [1.807, 2.05) is 54.8 Å². The molecule has 1 N–H and O–H groups in total. The van der Waals surface area contributed by atoms with E-state index in [0.717, 1.165) is 10.4 Å². The maximum absolute atomic E-state index is 12.0. The molecule has 2 aromatic heterocycles. The van der Waals surface area contributed by atoms with Crippen molar-refractivity contribution in [1.29, 1.82) is 0 Å². The van der Waals surface area contributed by atoms with Crippen LogP contribution in [0.25, 0.3) is 11.5 Å². The van der Waals surface area contributed by atoms with Crippen LogP contribution in [0.3, 0.4) is 0 Å². The van der Waals surface area contributed by atoms with Crippen molar-refractivity contribution in [3.8, 4) is 11.5 Å². The SMILES string of the molecule is CC(NC(=O)CSc1nnc(-c2ccccc2)o1)c1cccs1. The summed E-state index contributed by atoms with van der Waals surface area (Å²) < 4.78 is 5.56. The standard InChI is InChI=1S/C16H15N3O2S2/c1-11(13-8-5-9-22-13)17-14(20)10-23-16-19-18-15(21-16)12-6-3-2-4-7-12/h2-9,11H,10H2,1H3,(H,17,20). The summed E-state index contributed by atoms with van der Waals surface area (Å²) in [5.74, 6) is 0.641. The largest absolute Gasteiger partial charge is 0.411 e. The van der Waals surface area contributed by atoms with Crippen LogP contribution in [-0.4, -0.2) is 21.9 Å². The van der Waals surface area contributed by atoms with Gasteiger partial charge in [-0.1, -0.05) is 36.0 Å². The number of nitrogens with zero attached hydrogens (tertiary/aromatic N) is 2. The van der Waals surface area contributed by atoms with Gasteiger partial charge in [-0.2, -0.15) is 0 Å². The van der Waals surface area contributed by atoms with E-state index in [1.54, 1.807) is 11.3 Å². The van der Waals surface area contributed by atoms with Crippen molar-refractivity contribution in [2.24, 2.45) is 0 Å². The third-order valence-electron chi connectivity index (χ3n) is 3.10. The van der Waals surface area contributed by atoms with Crippen LogP contribution >= 0.6 is 23.1 Å². The predicted octanol–water partition coefficient (Wildman–Crippen LogP) is 3.77. The zero-order valence-corrected chi connectivity index (χ0v) is 14.1. The lowest BCUT2D eigenvalue weighted by Crippen LogP contribution is -2.27. The van der Waals surface area contributed by atoms with Crippen molar-refractivity contribution < 1.29 is 9.21 Å². The number of hydrogen-bond acceptors (Lipinski definition) is 6. The predicted molar refractivity (Wildman–Crippen MR) is 91.3 cm³/mol. The maximum atomic E-state index is 12.0. The minimum atomic E-state index is -0.0599. The molecule has 0 radical (unpaired) electrons. The Hall–Kier alpha value is -2.12. The fraction of sp³-hybridized carbons (Fsp3) is 0.188. The summed E-state index contributed by atoms with van der Waals surface area (Å²) in [5, 5.41) is 13.3. The Balaban J connectivity index is 1.52. The molecule has 118 valence electrons. The van der Waals surface area contributed by atoms with E-state index in [2.05, 4.69) is 15.5 Å². The van der Waals surface area contributed by atoms with E-state index >= 15 is 0 Å². The molecule has 0 fully saturated rings. The molecule has 0 aliphatic carbocycles. The first-order chi connectivity index (χ1) is 11.2. The highest BCUT2D eigenvalue weighted by Gasteiger charge is 2.13. The first-order valence-corrected chi connectivity index (χ1v) is 8.93. The summed E-state index contributed by atoms with van der Waals surface area (Å²) in [6.45, 7) is 1.97. The number of thiophene rings is 1. The molecule has 0 aliphatic rings. The first kappa shape index (κ1) is 15.8. The number of carbonyl (C=O) groups excluding carboxylic acids is 1. The van der Waals surface area contributed by atoms with Crippen molar-refractivity contribution >= 4 is 29.0 Å². The Morgan fingerprint density at radius 2 is 2.09 bits per heavy atom.